The second-order valence-electron chi connectivity index (χ2n) is 9.54. The van der Waals surface area contributed by atoms with E-state index in [9.17, 15) is 13.2 Å². The number of carbonyl (C=O) groups excluding carboxylic acids is 1. The minimum atomic E-state index is -3.82. The van der Waals surface area contributed by atoms with Crippen molar-refractivity contribution in [1.82, 2.24) is 9.80 Å². The second kappa shape index (κ2) is 11.9. The number of hydrogen-bond donors (Lipinski definition) is 1. The molecule has 190 valence electrons. The molecule has 0 aromatic heterocycles. The van der Waals surface area contributed by atoms with Gasteiger partial charge in [0.1, 0.15) is 5.75 Å². The zero-order valence-corrected chi connectivity index (χ0v) is 21.4. The Morgan fingerprint density at radius 2 is 1.66 bits per heavy atom. The lowest BCUT2D eigenvalue weighted by molar-refractivity contribution is 0.0667. The fourth-order valence-electron chi connectivity index (χ4n) is 4.98. The third kappa shape index (κ3) is 6.98. The van der Waals surface area contributed by atoms with Gasteiger partial charge in [0.15, 0.2) is 0 Å². The lowest BCUT2D eigenvalue weighted by Gasteiger charge is -2.34. The van der Waals surface area contributed by atoms with Crippen molar-refractivity contribution in [2.24, 2.45) is 5.92 Å². The van der Waals surface area contributed by atoms with Gasteiger partial charge in [-0.15, -0.1) is 0 Å². The molecule has 0 atom stereocenters. The van der Waals surface area contributed by atoms with Crippen molar-refractivity contribution in [1.29, 1.82) is 0 Å². The van der Waals surface area contributed by atoms with Gasteiger partial charge in [0, 0.05) is 30.9 Å². The number of rotatable bonds is 8. The summed E-state index contributed by atoms with van der Waals surface area (Å²) in [5.41, 5.74) is 0.849. The van der Waals surface area contributed by atoms with Crippen LogP contribution in [0.4, 0.5) is 5.69 Å². The van der Waals surface area contributed by atoms with E-state index in [0.29, 0.717) is 29.5 Å². The number of anilines is 1. The van der Waals surface area contributed by atoms with Gasteiger partial charge in [0.25, 0.3) is 15.9 Å². The van der Waals surface area contributed by atoms with E-state index in [2.05, 4.69) is 9.62 Å². The number of likely N-dealkylation sites (tertiary alicyclic amines) is 2. The largest absolute Gasteiger partial charge is 0.494 e. The van der Waals surface area contributed by atoms with Crippen molar-refractivity contribution >= 4 is 21.6 Å². The zero-order valence-electron chi connectivity index (χ0n) is 20.6. The number of nitrogens with one attached hydrogen (secondary N) is 1. The molecular formula is C27H37N3O4S. The van der Waals surface area contributed by atoms with Crippen LogP contribution in [0.15, 0.2) is 53.4 Å². The molecule has 2 aliphatic heterocycles. The molecule has 4 rings (SSSR count). The fraction of sp³-hybridized carbons (Fsp3) is 0.519. The molecule has 7 nitrogen and oxygen atoms in total. The molecule has 0 bridgehead atoms. The summed E-state index contributed by atoms with van der Waals surface area (Å²) >= 11 is 0. The molecule has 0 radical (unpaired) electrons. The second-order valence-corrected chi connectivity index (χ2v) is 11.2. The van der Waals surface area contributed by atoms with Crippen LogP contribution < -0.4 is 9.46 Å². The molecule has 2 heterocycles. The molecule has 2 aromatic carbocycles. The number of ether oxygens (including phenoxy) is 1. The van der Waals surface area contributed by atoms with Crippen LogP contribution in [0.2, 0.25) is 0 Å². The van der Waals surface area contributed by atoms with Crippen LogP contribution in [-0.4, -0.2) is 63.5 Å². The summed E-state index contributed by atoms with van der Waals surface area (Å²) in [7, 11) is -3.82. The summed E-state index contributed by atoms with van der Waals surface area (Å²) in [5, 5.41) is 0. The molecule has 1 N–H and O–H groups in total. The Kier molecular flexibility index (Phi) is 8.68. The third-order valence-electron chi connectivity index (χ3n) is 6.93. The number of sulfonamides is 1. The van der Waals surface area contributed by atoms with Crippen molar-refractivity contribution in [2.75, 3.05) is 44.1 Å². The highest BCUT2D eigenvalue weighted by atomic mass is 32.2. The number of amides is 1. The van der Waals surface area contributed by atoms with E-state index < -0.39 is 10.0 Å². The van der Waals surface area contributed by atoms with Crippen LogP contribution in [0.1, 0.15) is 55.8 Å². The van der Waals surface area contributed by atoms with Gasteiger partial charge in [-0.3, -0.25) is 9.52 Å². The molecule has 2 aliphatic rings. The highest BCUT2D eigenvalue weighted by Gasteiger charge is 2.26. The SMILES string of the molecule is CCOc1ccc(NS(=O)(=O)c2cccc(C(=O)N3CCC(CN4CCCCCC4)CC3)c2)cc1. The Morgan fingerprint density at radius 1 is 0.971 bits per heavy atom. The van der Waals surface area contributed by atoms with Crippen molar-refractivity contribution in [3.63, 3.8) is 0 Å². The maximum absolute atomic E-state index is 13.2. The van der Waals surface area contributed by atoms with Crippen LogP contribution in [0.5, 0.6) is 5.75 Å². The highest BCUT2D eigenvalue weighted by Crippen LogP contribution is 2.24. The van der Waals surface area contributed by atoms with Gasteiger partial charge in [-0.25, -0.2) is 8.42 Å². The van der Waals surface area contributed by atoms with E-state index in [1.54, 1.807) is 36.4 Å². The molecule has 0 unspecified atom stereocenters. The van der Waals surface area contributed by atoms with Gasteiger partial charge in [-0.2, -0.15) is 0 Å². The predicted molar refractivity (Wildman–Crippen MR) is 138 cm³/mol. The number of nitrogens with zero attached hydrogens (tertiary/aromatic N) is 2. The Labute approximate surface area is 209 Å². The van der Waals surface area contributed by atoms with E-state index in [1.807, 2.05) is 11.8 Å². The van der Waals surface area contributed by atoms with Crippen molar-refractivity contribution < 1.29 is 17.9 Å². The number of benzene rings is 2. The Morgan fingerprint density at radius 3 is 2.31 bits per heavy atom. The minimum Gasteiger partial charge on any atom is -0.494 e. The predicted octanol–water partition coefficient (Wildman–Crippen LogP) is 4.61. The van der Waals surface area contributed by atoms with Crippen LogP contribution in [0, 0.1) is 5.92 Å². The molecule has 0 spiro atoms. The average molecular weight is 500 g/mol. The molecule has 2 aromatic rings. The van der Waals surface area contributed by atoms with Gasteiger partial charge in [-0.05, 0) is 94.1 Å². The van der Waals surface area contributed by atoms with Gasteiger partial charge in [0.05, 0.1) is 11.5 Å². The number of piperidine rings is 1. The molecule has 0 aliphatic carbocycles. The molecule has 2 saturated heterocycles. The lowest BCUT2D eigenvalue weighted by atomic mass is 9.95. The van der Waals surface area contributed by atoms with E-state index in [0.717, 1.165) is 32.5 Å². The van der Waals surface area contributed by atoms with Crippen LogP contribution in [-0.2, 0) is 10.0 Å². The van der Waals surface area contributed by atoms with Crippen molar-refractivity contribution in [3.8, 4) is 5.75 Å². The fourth-order valence-corrected chi connectivity index (χ4v) is 6.09. The number of carbonyl (C=O) groups is 1. The zero-order chi connectivity index (χ0) is 24.7. The van der Waals surface area contributed by atoms with Crippen molar-refractivity contribution in [2.45, 2.75) is 50.3 Å². The van der Waals surface area contributed by atoms with E-state index in [1.165, 1.54) is 50.9 Å². The van der Waals surface area contributed by atoms with Crippen LogP contribution >= 0.6 is 0 Å². The van der Waals surface area contributed by atoms with Crippen molar-refractivity contribution in [3.05, 3.63) is 54.1 Å². The normalized spacial score (nSPS) is 18.1. The van der Waals surface area contributed by atoms with Gasteiger partial charge in [-0.1, -0.05) is 18.9 Å². The molecule has 1 amide bonds. The smallest absolute Gasteiger partial charge is 0.261 e. The summed E-state index contributed by atoms with van der Waals surface area (Å²) in [5.74, 6) is 1.21. The molecule has 35 heavy (non-hydrogen) atoms. The monoisotopic (exact) mass is 499 g/mol. The highest BCUT2D eigenvalue weighted by molar-refractivity contribution is 7.92. The summed E-state index contributed by atoms with van der Waals surface area (Å²) in [6.45, 7) is 7.41. The molecule has 8 heteroatoms. The Balaban J connectivity index is 1.35. The Hall–Kier alpha value is -2.58. The average Bonchev–Trinajstić information content (AvgIpc) is 3.14. The first-order chi connectivity index (χ1) is 16.9. The quantitative estimate of drug-likeness (QED) is 0.574. The maximum atomic E-state index is 13.2. The first-order valence-electron chi connectivity index (χ1n) is 12.8. The molecular weight excluding hydrogens is 462 g/mol. The third-order valence-corrected chi connectivity index (χ3v) is 8.30. The summed E-state index contributed by atoms with van der Waals surface area (Å²) < 4.78 is 33.9. The minimum absolute atomic E-state index is 0.0771. The van der Waals surface area contributed by atoms with E-state index in [4.69, 9.17) is 4.74 Å². The number of hydrogen-bond acceptors (Lipinski definition) is 5. The summed E-state index contributed by atoms with van der Waals surface area (Å²) in [6, 6.07) is 13.1. The lowest BCUT2D eigenvalue weighted by Crippen LogP contribution is -2.41. The van der Waals surface area contributed by atoms with Crippen LogP contribution in [0.3, 0.4) is 0 Å². The van der Waals surface area contributed by atoms with Crippen LogP contribution in [0.25, 0.3) is 0 Å². The maximum Gasteiger partial charge on any atom is 0.261 e. The molecule has 0 saturated carbocycles. The summed E-state index contributed by atoms with van der Waals surface area (Å²) in [4.78, 5) is 17.7. The summed E-state index contributed by atoms with van der Waals surface area (Å²) in [6.07, 6.45) is 7.27. The first-order valence-corrected chi connectivity index (χ1v) is 14.3. The topological polar surface area (TPSA) is 78.9 Å². The Bertz CT molecular complexity index is 1070. The standard InChI is InChI=1S/C27H37N3O4S/c1-2-34-25-12-10-24(11-13-25)28-35(32,33)26-9-7-8-23(20-26)27(31)30-18-14-22(15-19-30)21-29-16-5-3-4-6-17-29/h7-13,20,22,28H,2-6,14-19,21H2,1H3. The van der Waals surface area contributed by atoms with E-state index in [-0.39, 0.29) is 10.8 Å². The van der Waals surface area contributed by atoms with Gasteiger partial charge in [0.2, 0.25) is 0 Å². The first kappa shape index (κ1) is 25.5. The molecule has 2 fully saturated rings. The van der Waals surface area contributed by atoms with Gasteiger partial charge < -0.3 is 14.5 Å². The van der Waals surface area contributed by atoms with E-state index >= 15 is 0 Å². The van der Waals surface area contributed by atoms with Gasteiger partial charge >= 0.3 is 0 Å².